The van der Waals surface area contributed by atoms with Crippen LogP contribution in [0.4, 0.5) is 0 Å². The van der Waals surface area contributed by atoms with Crippen LogP contribution in [0.5, 0.6) is 0 Å². The number of carboxylic acid groups (broad SMARTS) is 1. The van der Waals surface area contributed by atoms with E-state index in [4.69, 9.17) is 11.3 Å². The highest BCUT2D eigenvalue weighted by Crippen LogP contribution is 2.67. The number of aliphatic carboxylic acids is 1. The van der Waals surface area contributed by atoms with Gasteiger partial charge in [0, 0.05) is 28.9 Å². The highest BCUT2D eigenvalue weighted by molar-refractivity contribution is 5.96. The smallest absolute Gasteiger partial charge is 0.326 e. The predicted molar refractivity (Wildman–Crippen MR) is 187 cm³/mol. The van der Waals surface area contributed by atoms with Gasteiger partial charge in [0.05, 0.1) is 5.71 Å². The van der Waals surface area contributed by atoms with E-state index >= 15 is 0 Å². The average molecular weight is 671 g/mol. The summed E-state index contributed by atoms with van der Waals surface area (Å²) in [7, 11) is 0. The average Bonchev–Trinajstić information content (AvgIpc) is 3.60. The number of aliphatic hydroxyl groups is 1. The Morgan fingerprint density at radius 2 is 1.84 bits per heavy atom. The molecule has 0 aliphatic heterocycles. The first kappa shape index (κ1) is 34.8. The van der Waals surface area contributed by atoms with Crippen LogP contribution in [0.1, 0.15) is 84.6 Å². The molecule has 0 bridgehead atoms. The Balaban J connectivity index is 1.04. The number of allylic oxidation sites excluding steroid dienone is 2. The number of H-pyrrole nitrogens is 1. The summed E-state index contributed by atoms with van der Waals surface area (Å²) in [4.78, 5) is 46.9. The van der Waals surface area contributed by atoms with Gasteiger partial charge in [-0.05, 0) is 98.2 Å². The number of nitrogens with one attached hydrogen (secondary N) is 3. The second-order valence-electron chi connectivity index (χ2n) is 15.6. The van der Waals surface area contributed by atoms with E-state index < -0.39 is 35.5 Å². The molecule has 1 aromatic carbocycles. The summed E-state index contributed by atoms with van der Waals surface area (Å²) < 4.78 is 0. The molecule has 0 unspecified atom stereocenters. The van der Waals surface area contributed by atoms with Gasteiger partial charge < -0.3 is 30.7 Å². The second kappa shape index (κ2) is 13.3. The monoisotopic (exact) mass is 670 g/mol. The summed E-state index contributed by atoms with van der Waals surface area (Å²) >= 11 is 0. The van der Waals surface area contributed by atoms with Crippen molar-refractivity contribution in [3.63, 3.8) is 0 Å². The molecule has 10 heteroatoms. The molecule has 0 radical (unpaired) electrons. The van der Waals surface area contributed by atoms with Gasteiger partial charge in [0.25, 0.3) is 5.91 Å². The van der Waals surface area contributed by atoms with Gasteiger partial charge >= 0.3 is 5.97 Å². The van der Waals surface area contributed by atoms with Crippen molar-refractivity contribution < 1.29 is 29.4 Å². The highest BCUT2D eigenvalue weighted by Gasteiger charge is 2.63. The fourth-order valence-corrected chi connectivity index (χ4v) is 9.80. The molecule has 262 valence electrons. The Kier molecular flexibility index (Phi) is 9.44. The topological polar surface area (TPSA) is 153 Å². The van der Waals surface area contributed by atoms with Crippen LogP contribution in [0, 0.1) is 46.8 Å². The summed E-state index contributed by atoms with van der Waals surface area (Å²) in [5.41, 5.74) is 2.70. The van der Waals surface area contributed by atoms with Crippen LogP contribution in [-0.2, 0) is 25.6 Å². The number of carbonyl (C=O) groups excluding carboxylic acids is 2. The van der Waals surface area contributed by atoms with E-state index in [1.165, 1.54) is 5.57 Å². The van der Waals surface area contributed by atoms with Gasteiger partial charge in [-0.2, -0.15) is 0 Å². The van der Waals surface area contributed by atoms with Crippen LogP contribution in [0.25, 0.3) is 10.9 Å². The number of carbonyl (C=O) groups is 3. The van der Waals surface area contributed by atoms with E-state index in [0.29, 0.717) is 24.2 Å². The van der Waals surface area contributed by atoms with Gasteiger partial charge in [0.15, 0.2) is 6.61 Å². The molecular formula is C39H50N4O6. The van der Waals surface area contributed by atoms with Gasteiger partial charge in [-0.3, -0.25) is 9.59 Å². The van der Waals surface area contributed by atoms with Crippen LogP contribution in [0.2, 0.25) is 0 Å². The molecule has 10 nitrogen and oxygen atoms in total. The SMILES string of the molecule is C#C[C@@]1(O)CC[C@@H]2[C@@H]3CCC4=C/C(=N/OCC(=O)N[C@H](C(=O)N[C@@H](Cc5c[nH]c6ccccc56)C(=O)O)C(C)C)CC[C@]4(C)[C@H]3CC[C@@]21C. The Morgan fingerprint density at radius 3 is 2.57 bits per heavy atom. The largest absolute Gasteiger partial charge is 0.480 e. The van der Waals surface area contributed by atoms with Crippen molar-refractivity contribution in [2.75, 3.05) is 6.61 Å². The first-order valence-electron chi connectivity index (χ1n) is 17.8. The molecule has 2 amide bonds. The Bertz CT molecular complexity index is 1720. The first-order valence-corrected chi connectivity index (χ1v) is 17.8. The van der Waals surface area contributed by atoms with E-state index in [1.807, 2.05) is 24.3 Å². The Morgan fingerprint density at radius 1 is 1.08 bits per heavy atom. The standard InChI is InChI=1S/C39H50N4O6/c1-6-39(48)18-15-30-28-12-11-25-20-26(13-16-37(25,4)29(28)14-17-38(30,39)5)43-49-22-33(44)42-34(23(2)3)35(45)41-32(36(46)47)19-24-21-40-31-10-8-7-9-27(24)31/h1,7-10,20-21,23,28-30,32,34,40,48H,11-19,22H2,2-5H3,(H,41,45)(H,42,44)(H,46,47)/b43-26+/t28-,29+,30-,32+,34+,37+,38+,39-/m1/s1. The summed E-state index contributed by atoms with van der Waals surface area (Å²) in [5, 5.41) is 31.7. The van der Waals surface area contributed by atoms with Gasteiger partial charge in [0.1, 0.15) is 17.7 Å². The lowest BCUT2D eigenvalue weighted by atomic mass is 9.46. The zero-order valence-corrected chi connectivity index (χ0v) is 29.1. The van der Waals surface area contributed by atoms with E-state index in [2.05, 4.69) is 46.6 Å². The summed E-state index contributed by atoms with van der Waals surface area (Å²) in [6.07, 6.45) is 17.3. The molecular weight excluding hydrogens is 620 g/mol. The first-order chi connectivity index (χ1) is 23.3. The van der Waals surface area contributed by atoms with Crippen LogP contribution >= 0.6 is 0 Å². The molecule has 5 N–H and O–H groups in total. The van der Waals surface area contributed by atoms with Crippen LogP contribution < -0.4 is 10.6 Å². The Labute approximate surface area is 288 Å². The third-order valence-electron chi connectivity index (χ3n) is 12.7. The number of amides is 2. The van der Waals surface area contributed by atoms with Crippen molar-refractivity contribution >= 4 is 34.4 Å². The number of aromatic amines is 1. The molecule has 3 fully saturated rings. The van der Waals surface area contributed by atoms with E-state index in [1.54, 1.807) is 20.0 Å². The van der Waals surface area contributed by atoms with Crippen LogP contribution in [0.3, 0.4) is 0 Å². The summed E-state index contributed by atoms with van der Waals surface area (Å²) in [6.45, 7) is 7.81. The minimum Gasteiger partial charge on any atom is -0.480 e. The zero-order chi connectivity index (χ0) is 35.1. The van der Waals surface area contributed by atoms with E-state index in [9.17, 15) is 24.6 Å². The molecule has 2 aromatic rings. The van der Waals surface area contributed by atoms with Gasteiger partial charge in [-0.15, -0.1) is 6.42 Å². The molecule has 4 aliphatic carbocycles. The van der Waals surface area contributed by atoms with Crippen molar-refractivity contribution in [1.29, 1.82) is 0 Å². The molecule has 0 spiro atoms. The number of carboxylic acids is 1. The molecule has 49 heavy (non-hydrogen) atoms. The molecule has 1 heterocycles. The van der Waals surface area contributed by atoms with Crippen LogP contribution in [0.15, 0.2) is 47.3 Å². The summed E-state index contributed by atoms with van der Waals surface area (Å²) in [6, 6.07) is 5.45. The maximum atomic E-state index is 13.2. The minimum atomic E-state index is -1.17. The number of oxime groups is 1. The molecule has 3 saturated carbocycles. The van der Waals surface area contributed by atoms with Gasteiger partial charge in [-0.1, -0.05) is 62.5 Å². The number of nitrogens with zero attached hydrogens (tertiary/aromatic N) is 1. The van der Waals surface area contributed by atoms with E-state index in [0.717, 1.165) is 67.1 Å². The highest BCUT2D eigenvalue weighted by atomic mass is 16.6. The van der Waals surface area contributed by atoms with Crippen molar-refractivity contribution in [3.8, 4) is 12.3 Å². The quantitative estimate of drug-likeness (QED) is 0.175. The molecule has 6 rings (SSSR count). The third kappa shape index (κ3) is 6.27. The van der Waals surface area contributed by atoms with Crippen LogP contribution in [-0.4, -0.2) is 63.0 Å². The van der Waals surface area contributed by atoms with Gasteiger partial charge in [0.2, 0.25) is 5.91 Å². The number of hydrogen-bond acceptors (Lipinski definition) is 6. The fraction of sp³-hybridized carbons (Fsp3) is 0.590. The van der Waals surface area contributed by atoms with Crippen molar-refractivity contribution in [3.05, 3.63) is 47.7 Å². The number of benzene rings is 1. The molecule has 1 aromatic heterocycles. The number of fused-ring (bicyclic) bond motifs is 6. The molecule has 4 aliphatic rings. The normalized spacial score (nSPS) is 32.6. The number of terminal acetylenes is 1. The molecule has 8 atom stereocenters. The van der Waals surface area contributed by atoms with Gasteiger partial charge in [-0.25, -0.2) is 4.79 Å². The van der Waals surface area contributed by atoms with Crippen molar-refractivity contribution in [1.82, 2.24) is 15.6 Å². The van der Waals surface area contributed by atoms with Crippen molar-refractivity contribution in [2.24, 2.45) is 39.7 Å². The molecule has 0 saturated heterocycles. The maximum Gasteiger partial charge on any atom is 0.326 e. The number of hydrogen-bond donors (Lipinski definition) is 5. The maximum absolute atomic E-state index is 13.2. The number of rotatable bonds is 10. The Hall–Kier alpha value is -4.10. The predicted octanol–water partition coefficient (Wildman–Crippen LogP) is 5.12. The lowest BCUT2D eigenvalue weighted by molar-refractivity contribution is -0.142. The lowest BCUT2D eigenvalue weighted by Gasteiger charge is -2.58. The second-order valence-corrected chi connectivity index (χ2v) is 15.6. The van der Waals surface area contributed by atoms with Crippen molar-refractivity contribution in [2.45, 2.75) is 103 Å². The number of aromatic nitrogens is 1. The third-order valence-corrected chi connectivity index (χ3v) is 12.7. The minimum absolute atomic E-state index is 0.0668. The number of para-hydroxylation sites is 1. The fourth-order valence-electron chi connectivity index (χ4n) is 9.80. The van der Waals surface area contributed by atoms with E-state index in [-0.39, 0.29) is 29.8 Å². The summed E-state index contributed by atoms with van der Waals surface area (Å²) in [5.74, 6) is 1.76. The zero-order valence-electron chi connectivity index (χ0n) is 29.1. The lowest BCUT2D eigenvalue weighted by Crippen LogP contribution is -2.54.